The van der Waals surface area contributed by atoms with Gasteiger partial charge in [0, 0.05) is 11.1 Å². The molecule has 2 aromatic carbocycles. The van der Waals surface area contributed by atoms with E-state index in [1.54, 1.807) is 24.3 Å². The fourth-order valence-corrected chi connectivity index (χ4v) is 1.96. The van der Waals surface area contributed by atoms with Gasteiger partial charge in [-0.05, 0) is 12.1 Å². The topological polar surface area (TPSA) is 47.3 Å². The molecule has 0 saturated heterocycles. The third kappa shape index (κ3) is 2.57. The second-order valence-electron chi connectivity index (χ2n) is 3.98. The third-order valence-electron chi connectivity index (χ3n) is 2.91. The largest absolute Gasteiger partial charge is 0.494 e. The number of halogens is 2. The van der Waals surface area contributed by atoms with Crippen molar-refractivity contribution in [3.8, 4) is 5.75 Å². The lowest BCUT2D eigenvalue weighted by Gasteiger charge is -2.19. The Morgan fingerprint density at radius 1 is 1.05 bits per heavy atom. The van der Waals surface area contributed by atoms with E-state index >= 15 is 0 Å². The number of hydrogen-bond acceptors (Lipinski definition) is 3. The van der Waals surface area contributed by atoms with Crippen molar-refractivity contribution in [1.29, 1.82) is 0 Å². The lowest BCUT2D eigenvalue weighted by atomic mass is 9.98. The van der Waals surface area contributed by atoms with Gasteiger partial charge in [0.2, 0.25) is 0 Å². The molecule has 100 valence electrons. The molecular formula is C14H14F2N2O. The van der Waals surface area contributed by atoms with Gasteiger partial charge in [-0.2, -0.15) is 0 Å². The van der Waals surface area contributed by atoms with Crippen LogP contribution < -0.4 is 16.0 Å². The van der Waals surface area contributed by atoms with Crippen molar-refractivity contribution in [1.82, 2.24) is 5.43 Å². The number of rotatable bonds is 4. The summed E-state index contributed by atoms with van der Waals surface area (Å²) < 4.78 is 32.9. The molecule has 3 N–H and O–H groups in total. The number of hydrazine groups is 1. The van der Waals surface area contributed by atoms with Crippen molar-refractivity contribution in [3.05, 3.63) is 65.2 Å². The highest BCUT2D eigenvalue weighted by Gasteiger charge is 2.21. The summed E-state index contributed by atoms with van der Waals surface area (Å²) in [5.74, 6) is 4.52. The average Bonchev–Trinajstić information content (AvgIpc) is 2.43. The first-order chi connectivity index (χ1) is 9.19. The van der Waals surface area contributed by atoms with Crippen LogP contribution in [0.1, 0.15) is 17.2 Å². The maximum Gasteiger partial charge on any atom is 0.170 e. The summed E-state index contributed by atoms with van der Waals surface area (Å²) in [6.07, 6.45) is 0. The van der Waals surface area contributed by atoms with Crippen LogP contribution in [0.4, 0.5) is 8.78 Å². The lowest BCUT2D eigenvalue weighted by Crippen LogP contribution is -2.30. The zero-order chi connectivity index (χ0) is 13.8. The second-order valence-corrected chi connectivity index (χ2v) is 3.98. The zero-order valence-electron chi connectivity index (χ0n) is 10.4. The molecule has 0 amide bonds. The molecule has 0 saturated carbocycles. The maximum atomic E-state index is 14.2. The molecule has 0 aliphatic carbocycles. The summed E-state index contributed by atoms with van der Waals surface area (Å²) >= 11 is 0. The minimum Gasteiger partial charge on any atom is -0.494 e. The molecule has 1 unspecified atom stereocenters. The molecule has 0 spiro atoms. The van der Waals surface area contributed by atoms with E-state index in [1.165, 1.54) is 25.3 Å². The van der Waals surface area contributed by atoms with E-state index in [2.05, 4.69) is 5.43 Å². The zero-order valence-corrected chi connectivity index (χ0v) is 10.4. The highest BCUT2D eigenvalue weighted by molar-refractivity contribution is 5.38. The van der Waals surface area contributed by atoms with Crippen LogP contribution in [-0.4, -0.2) is 7.11 Å². The highest BCUT2D eigenvalue weighted by Crippen LogP contribution is 2.29. The van der Waals surface area contributed by atoms with Crippen molar-refractivity contribution < 1.29 is 13.5 Å². The minimum absolute atomic E-state index is 0.0917. The van der Waals surface area contributed by atoms with Gasteiger partial charge in [0.25, 0.3) is 0 Å². The van der Waals surface area contributed by atoms with E-state index < -0.39 is 17.7 Å². The van der Waals surface area contributed by atoms with Crippen LogP contribution in [0, 0.1) is 11.6 Å². The van der Waals surface area contributed by atoms with Gasteiger partial charge in [-0.15, -0.1) is 0 Å². The van der Waals surface area contributed by atoms with Gasteiger partial charge in [-0.1, -0.05) is 30.3 Å². The van der Waals surface area contributed by atoms with Crippen molar-refractivity contribution in [2.75, 3.05) is 7.11 Å². The van der Waals surface area contributed by atoms with Gasteiger partial charge in [0.15, 0.2) is 11.6 Å². The number of hydrogen-bond donors (Lipinski definition) is 2. The predicted molar refractivity (Wildman–Crippen MR) is 68.5 cm³/mol. The standard InChI is InChI=1S/C14H14F2N2O/c1-19-12-8-4-6-10(13(12)16)14(18-17)9-5-2-3-7-11(9)15/h2-8,14,18H,17H2,1H3. The van der Waals surface area contributed by atoms with Gasteiger partial charge in [-0.3, -0.25) is 5.84 Å². The summed E-state index contributed by atoms with van der Waals surface area (Å²) in [6.45, 7) is 0. The molecule has 0 aliphatic rings. The molecule has 0 radical (unpaired) electrons. The van der Waals surface area contributed by atoms with Crippen LogP contribution in [0.25, 0.3) is 0 Å². The molecular weight excluding hydrogens is 250 g/mol. The van der Waals surface area contributed by atoms with Crippen molar-refractivity contribution in [3.63, 3.8) is 0 Å². The fourth-order valence-electron chi connectivity index (χ4n) is 1.96. The number of nitrogens with two attached hydrogens (primary N) is 1. The molecule has 19 heavy (non-hydrogen) atoms. The molecule has 0 bridgehead atoms. The van der Waals surface area contributed by atoms with Crippen LogP contribution in [-0.2, 0) is 0 Å². The molecule has 0 fully saturated rings. The van der Waals surface area contributed by atoms with Gasteiger partial charge in [0.05, 0.1) is 13.2 Å². The van der Waals surface area contributed by atoms with Crippen LogP contribution in [0.15, 0.2) is 42.5 Å². The summed E-state index contributed by atoms with van der Waals surface area (Å²) in [6, 6.07) is 9.97. The summed E-state index contributed by atoms with van der Waals surface area (Å²) in [7, 11) is 1.37. The van der Waals surface area contributed by atoms with Crippen LogP contribution in [0.2, 0.25) is 0 Å². The van der Waals surface area contributed by atoms with Crippen molar-refractivity contribution >= 4 is 0 Å². The Morgan fingerprint density at radius 2 is 1.74 bits per heavy atom. The molecule has 2 aromatic rings. The Labute approximate surface area is 110 Å². The summed E-state index contributed by atoms with van der Waals surface area (Å²) in [5.41, 5.74) is 2.94. The molecule has 3 nitrogen and oxygen atoms in total. The number of ether oxygens (including phenoxy) is 1. The average molecular weight is 264 g/mol. The maximum absolute atomic E-state index is 14.2. The molecule has 1 atom stereocenters. The Hall–Kier alpha value is -1.98. The SMILES string of the molecule is COc1cccc(C(NN)c2ccccc2F)c1F. The monoisotopic (exact) mass is 264 g/mol. The van der Waals surface area contributed by atoms with E-state index in [0.29, 0.717) is 0 Å². The highest BCUT2D eigenvalue weighted by atomic mass is 19.1. The molecule has 0 heterocycles. The fraction of sp³-hybridized carbons (Fsp3) is 0.143. The van der Waals surface area contributed by atoms with Gasteiger partial charge in [-0.25, -0.2) is 14.2 Å². The summed E-state index contributed by atoms with van der Waals surface area (Å²) in [5, 5.41) is 0. The first-order valence-corrected chi connectivity index (χ1v) is 5.72. The van der Waals surface area contributed by atoms with Gasteiger partial charge in [0.1, 0.15) is 5.82 Å². The van der Waals surface area contributed by atoms with Gasteiger partial charge >= 0.3 is 0 Å². The van der Waals surface area contributed by atoms with E-state index in [4.69, 9.17) is 10.6 Å². The normalized spacial score (nSPS) is 12.2. The first kappa shape index (κ1) is 13.5. The summed E-state index contributed by atoms with van der Waals surface area (Å²) in [4.78, 5) is 0. The smallest absolute Gasteiger partial charge is 0.170 e. The van der Waals surface area contributed by atoms with Crippen LogP contribution >= 0.6 is 0 Å². The quantitative estimate of drug-likeness (QED) is 0.659. The number of methoxy groups -OCH3 is 1. The first-order valence-electron chi connectivity index (χ1n) is 5.72. The van der Waals surface area contributed by atoms with Crippen LogP contribution in [0.5, 0.6) is 5.75 Å². The minimum atomic E-state index is -0.781. The Bertz CT molecular complexity index is 575. The van der Waals surface area contributed by atoms with Gasteiger partial charge < -0.3 is 4.74 Å². The Kier molecular flexibility index (Phi) is 4.09. The molecule has 2 rings (SSSR count). The van der Waals surface area contributed by atoms with E-state index in [0.717, 1.165) is 0 Å². The number of nitrogens with one attached hydrogen (secondary N) is 1. The van der Waals surface area contributed by atoms with E-state index in [1.807, 2.05) is 0 Å². The van der Waals surface area contributed by atoms with E-state index in [-0.39, 0.29) is 16.9 Å². The molecule has 0 aliphatic heterocycles. The van der Waals surface area contributed by atoms with Crippen molar-refractivity contribution in [2.24, 2.45) is 5.84 Å². The number of benzene rings is 2. The Morgan fingerprint density at radius 3 is 2.37 bits per heavy atom. The predicted octanol–water partition coefficient (Wildman–Crippen LogP) is 2.53. The molecule has 0 aromatic heterocycles. The van der Waals surface area contributed by atoms with Crippen molar-refractivity contribution in [2.45, 2.75) is 6.04 Å². The van der Waals surface area contributed by atoms with E-state index in [9.17, 15) is 8.78 Å². The third-order valence-corrected chi connectivity index (χ3v) is 2.91. The Balaban J connectivity index is 2.52. The second kappa shape index (κ2) is 5.77. The lowest BCUT2D eigenvalue weighted by molar-refractivity contribution is 0.381. The molecule has 5 heteroatoms. The van der Waals surface area contributed by atoms with Crippen LogP contribution in [0.3, 0.4) is 0 Å².